The van der Waals surface area contributed by atoms with E-state index >= 15 is 0 Å². The number of benzene rings is 3. The number of allylic oxidation sites excluding steroid dienone is 1. The van der Waals surface area contributed by atoms with Crippen LogP contribution in [0, 0.1) is 5.82 Å². The molecule has 0 spiro atoms. The monoisotopic (exact) mass is 418 g/mol. The number of fused-ring (bicyclic) bond motifs is 1. The number of carbonyl (C=O) groups excluding carboxylic acids is 1. The molecule has 1 aliphatic heterocycles. The van der Waals surface area contributed by atoms with E-state index in [2.05, 4.69) is 10.6 Å². The molecule has 0 unspecified atom stereocenters. The molecule has 3 aromatic rings. The Morgan fingerprint density at radius 1 is 0.833 bits per heavy atom. The normalized spacial score (nSPS) is 20.5. The Bertz CT molecular complexity index is 1140. The van der Waals surface area contributed by atoms with Crippen molar-refractivity contribution in [3.05, 3.63) is 106 Å². The van der Waals surface area contributed by atoms with Crippen LogP contribution >= 0.6 is 11.6 Å². The number of Topliss-reactive ketones (excluding diaryl/α,β-unsaturated/α-hetero) is 1. The highest BCUT2D eigenvalue weighted by Gasteiger charge is 2.36. The Hall–Kier alpha value is -3.11. The van der Waals surface area contributed by atoms with Crippen molar-refractivity contribution < 1.29 is 9.18 Å². The number of anilines is 2. The van der Waals surface area contributed by atoms with Gasteiger partial charge in [-0.1, -0.05) is 48.0 Å². The van der Waals surface area contributed by atoms with Crippen LogP contribution in [-0.2, 0) is 4.79 Å². The SMILES string of the molecule is O=C1C[C@H](c2ccc(F)cc2)CC2=C1[C@@H](c1ccc(Cl)cc1)Nc1ccccc1N2. The van der Waals surface area contributed by atoms with Crippen molar-refractivity contribution in [3.8, 4) is 0 Å². The summed E-state index contributed by atoms with van der Waals surface area (Å²) in [5, 5.41) is 7.72. The molecule has 3 nitrogen and oxygen atoms in total. The molecule has 30 heavy (non-hydrogen) atoms. The first-order chi connectivity index (χ1) is 14.6. The molecule has 0 fully saturated rings. The molecular weight excluding hydrogens is 399 g/mol. The Morgan fingerprint density at radius 2 is 1.50 bits per heavy atom. The van der Waals surface area contributed by atoms with Gasteiger partial charge in [-0.05, 0) is 59.9 Å². The van der Waals surface area contributed by atoms with Crippen LogP contribution in [0.25, 0.3) is 0 Å². The predicted molar refractivity (Wildman–Crippen MR) is 118 cm³/mol. The summed E-state index contributed by atoms with van der Waals surface area (Å²) >= 11 is 6.09. The summed E-state index contributed by atoms with van der Waals surface area (Å²) in [4.78, 5) is 13.4. The highest BCUT2D eigenvalue weighted by Crippen LogP contribution is 2.44. The zero-order chi connectivity index (χ0) is 20.7. The summed E-state index contributed by atoms with van der Waals surface area (Å²) < 4.78 is 13.4. The lowest BCUT2D eigenvalue weighted by molar-refractivity contribution is -0.116. The second kappa shape index (κ2) is 7.62. The van der Waals surface area contributed by atoms with Gasteiger partial charge >= 0.3 is 0 Å². The smallest absolute Gasteiger partial charge is 0.163 e. The number of halogens is 2. The molecule has 1 aliphatic carbocycles. The molecule has 2 atom stereocenters. The average molecular weight is 419 g/mol. The molecule has 2 aliphatic rings. The van der Waals surface area contributed by atoms with E-state index in [0.717, 1.165) is 33.8 Å². The van der Waals surface area contributed by atoms with Gasteiger partial charge in [-0.3, -0.25) is 4.79 Å². The number of carbonyl (C=O) groups is 1. The minimum absolute atomic E-state index is 0.0143. The van der Waals surface area contributed by atoms with Crippen molar-refractivity contribution in [2.75, 3.05) is 10.6 Å². The zero-order valence-corrected chi connectivity index (χ0v) is 16.9. The second-order valence-corrected chi connectivity index (χ2v) is 8.21. The Morgan fingerprint density at radius 3 is 2.23 bits per heavy atom. The number of rotatable bonds is 2. The summed E-state index contributed by atoms with van der Waals surface area (Å²) in [6, 6.07) is 21.7. The van der Waals surface area contributed by atoms with Gasteiger partial charge in [0.05, 0.1) is 17.4 Å². The third kappa shape index (κ3) is 3.48. The lowest BCUT2D eigenvalue weighted by atomic mass is 9.78. The molecule has 2 N–H and O–H groups in total. The highest BCUT2D eigenvalue weighted by molar-refractivity contribution is 6.30. The van der Waals surface area contributed by atoms with Gasteiger partial charge in [0.15, 0.2) is 5.78 Å². The summed E-state index contributed by atoms with van der Waals surface area (Å²) in [6.45, 7) is 0. The lowest BCUT2D eigenvalue weighted by Gasteiger charge is -2.30. The Kier molecular flexibility index (Phi) is 4.80. The van der Waals surface area contributed by atoms with Crippen LogP contribution < -0.4 is 10.6 Å². The van der Waals surface area contributed by atoms with E-state index in [9.17, 15) is 9.18 Å². The molecule has 150 valence electrons. The van der Waals surface area contributed by atoms with Crippen LogP contribution in [0.15, 0.2) is 84.1 Å². The van der Waals surface area contributed by atoms with Gasteiger partial charge in [-0.2, -0.15) is 0 Å². The van der Waals surface area contributed by atoms with Crippen LogP contribution in [0.2, 0.25) is 5.02 Å². The number of hydrogen-bond acceptors (Lipinski definition) is 3. The second-order valence-electron chi connectivity index (χ2n) is 7.77. The third-order valence-electron chi connectivity index (χ3n) is 5.85. The average Bonchev–Trinajstić information content (AvgIpc) is 2.91. The van der Waals surface area contributed by atoms with E-state index in [0.29, 0.717) is 17.9 Å². The number of nitrogens with one attached hydrogen (secondary N) is 2. The molecule has 3 aromatic carbocycles. The summed E-state index contributed by atoms with van der Waals surface area (Å²) in [5.74, 6) is -0.159. The minimum atomic E-state index is -0.269. The molecule has 5 rings (SSSR count). The fourth-order valence-electron chi connectivity index (χ4n) is 4.37. The maximum atomic E-state index is 13.4. The van der Waals surface area contributed by atoms with E-state index in [1.807, 2.05) is 48.5 Å². The van der Waals surface area contributed by atoms with Gasteiger partial charge in [0.1, 0.15) is 5.82 Å². The van der Waals surface area contributed by atoms with Crippen molar-refractivity contribution in [1.29, 1.82) is 0 Å². The summed E-state index contributed by atoms with van der Waals surface area (Å²) in [7, 11) is 0. The van der Waals surface area contributed by atoms with Crippen LogP contribution in [0.3, 0.4) is 0 Å². The Labute approximate surface area is 179 Å². The maximum Gasteiger partial charge on any atom is 0.163 e. The van der Waals surface area contributed by atoms with Crippen LogP contribution in [0.4, 0.5) is 15.8 Å². The molecule has 0 saturated heterocycles. The quantitative estimate of drug-likeness (QED) is 0.501. The fraction of sp³-hybridized carbons (Fsp3) is 0.160. The molecule has 0 saturated carbocycles. The van der Waals surface area contributed by atoms with Gasteiger partial charge in [-0.15, -0.1) is 0 Å². The van der Waals surface area contributed by atoms with E-state index in [4.69, 9.17) is 11.6 Å². The summed E-state index contributed by atoms with van der Waals surface area (Å²) in [6.07, 6.45) is 1.08. The third-order valence-corrected chi connectivity index (χ3v) is 6.11. The first kappa shape index (κ1) is 18.9. The standard InChI is InChI=1S/C25H20ClFN2O/c26-18-9-5-16(6-10-18)25-24-22(28-20-3-1-2-4-21(20)29-25)13-17(14-23(24)30)15-7-11-19(27)12-8-15/h1-12,17,25,28-29H,13-14H2/t17-,25-/m1/s1. The van der Waals surface area contributed by atoms with Crippen molar-refractivity contribution in [3.63, 3.8) is 0 Å². The Balaban J connectivity index is 1.60. The molecule has 1 heterocycles. The number of ketones is 1. The molecular formula is C25H20ClFN2O. The topological polar surface area (TPSA) is 41.1 Å². The number of hydrogen-bond donors (Lipinski definition) is 2. The lowest BCUT2D eigenvalue weighted by Crippen LogP contribution is -2.26. The van der Waals surface area contributed by atoms with E-state index in [1.54, 1.807) is 12.1 Å². The van der Waals surface area contributed by atoms with Crippen molar-refractivity contribution >= 4 is 28.8 Å². The van der Waals surface area contributed by atoms with Crippen LogP contribution in [0.1, 0.15) is 35.9 Å². The van der Waals surface area contributed by atoms with Gasteiger partial charge in [0, 0.05) is 22.7 Å². The highest BCUT2D eigenvalue weighted by atomic mass is 35.5. The van der Waals surface area contributed by atoms with Crippen LogP contribution in [0.5, 0.6) is 0 Å². The molecule has 0 amide bonds. The van der Waals surface area contributed by atoms with Crippen molar-refractivity contribution in [1.82, 2.24) is 0 Å². The number of para-hydroxylation sites is 2. The van der Waals surface area contributed by atoms with Gasteiger partial charge in [0.25, 0.3) is 0 Å². The van der Waals surface area contributed by atoms with Gasteiger partial charge in [0.2, 0.25) is 0 Å². The molecule has 5 heteroatoms. The summed E-state index contributed by atoms with van der Waals surface area (Å²) in [5.41, 5.74) is 5.52. The first-order valence-corrected chi connectivity index (χ1v) is 10.4. The van der Waals surface area contributed by atoms with Gasteiger partial charge in [-0.25, -0.2) is 4.39 Å². The maximum absolute atomic E-state index is 13.4. The van der Waals surface area contributed by atoms with E-state index in [1.165, 1.54) is 12.1 Å². The first-order valence-electron chi connectivity index (χ1n) is 9.98. The zero-order valence-electron chi connectivity index (χ0n) is 16.2. The van der Waals surface area contributed by atoms with Crippen molar-refractivity contribution in [2.24, 2.45) is 0 Å². The molecule has 0 bridgehead atoms. The largest absolute Gasteiger partial charge is 0.372 e. The molecule has 0 radical (unpaired) electrons. The fourth-order valence-corrected chi connectivity index (χ4v) is 4.49. The predicted octanol–water partition coefficient (Wildman–Crippen LogP) is 6.46. The van der Waals surface area contributed by atoms with Crippen LogP contribution in [-0.4, -0.2) is 5.78 Å². The van der Waals surface area contributed by atoms with E-state index in [-0.39, 0.29) is 23.6 Å². The van der Waals surface area contributed by atoms with E-state index < -0.39 is 0 Å². The van der Waals surface area contributed by atoms with Gasteiger partial charge < -0.3 is 10.6 Å². The van der Waals surface area contributed by atoms with Crippen molar-refractivity contribution in [2.45, 2.75) is 24.8 Å². The molecule has 0 aromatic heterocycles. The minimum Gasteiger partial charge on any atom is -0.372 e.